The van der Waals surface area contributed by atoms with Crippen molar-refractivity contribution < 1.29 is 23.4 Å². The van der Waals surface area contributed by atoms with Crippen LogP contribution in [-0.2, 0) is 19.5 Å². The summed E-state index contributed by atoms with van der Waals surface area (Å²) >= 11 is 0. The lowest BCUT2D eigenvalue weighted by molar-refractivity contribution is -0.233. The smallest absolute Gasteiger partial charge is 0.300 e. The predicted molar refractivity (Wildman–Crippen MR) is 70.0 cm³/mol. The van der Waals surface area contributed by atoms with Gasteiger partial charge in [-0.05, 0) is 12.8 Å². The largest absolute Gasteiger partial charge is 0.360 e. The van der Waals surface area contributed by atoms with Crippen molar-refractivity contribution in [1.29, 1.82) is 0 Å². The van der Waals surface area contributed by atoms with Crippen LogP contribution in [0.4, 0.5) is 0 Å². The van der Waals surface area contributed by atoms with Crippen molar-refractivity contribution in [2.24, 2.45) is 0 Å². The predicted octanol–water partition coefficient (Wildman–Crippen LogP) is 2.56. The summed E-state index contributed by atoms with van der Waals surface area (Å²) in [5, 5.41) is 7.02. The van der Waals surface area contributed by atoms with Crippen LogP contribution in [0.15, 0.2) is 0 Å². The third kappa shape index (κ3) is 6.35. The van der Waals surface area contributed by atoms with Gasteiger partial charge in [0.15, 0.2) is 15.1 Å². The molecule has 5 nitrogen and oxygen atoms in total. The van der Waals surface area contributed by atoms with Crippen molar-refractivity contribution in [2.75, 3.05) is 5.75 Å². The average molecular weight is 280 g/mol. The number of hydrogen-bond donors (Lipinski definition) is 1. The van der Waals surface area contributed by atoms with Crippen LogP contribution in [0.3, 0.4) is 0 Å². The van der Waals surface area contributed by atoms with Gasteiger partial charge in [-0.3, -0.25) is 4.89 Å². The van der Waals surface area contributed by atoms with Crippen LogP contribution in [0.2, 0.25) is 0 Å². The molecule has 0 amide bonds. The Morgan fingerprint density at radius 3 is 2.17 bits per heavy atom. The van der Waals surface area contributed by atoms with Crippen LogP contribution in [0, 0.1) is 0 Å². The Hall–Kier alpha value is -0.620. The minimum absolute atomic E-state index is 0.0211. The van der Waals surface area contributed by atoms with Gasteiger partial charge in [0.1, 0.15) is 0 Å². The molecule has 0 aromatic rings. The SMILES string of the molecule is CCCCCCCCS(=O)(=O)C(CC)C(=O)OO. The van der Waals surface area contributed by atoms with Crippen molar-refractivity contribution >= 4 is 15.8 Å². The zero-order chi connectivity index (χ0) is 14.0. The second-order valence-electron chi connectivity index (χ2n) is 4.44. The molecular formula is C12H24O5S. The van der Waals surface area contributed by atoms with Crippen molar-refractivity contribution in [1.82, 2.24) is 0 Å². The number of unbranched alkanes of at least 4 members (excludes halogenated alkanes) is 5. The van der Waals surface area contributed by atoms with Crippen LogP contribution >= 0.6 is 0 Å². The van der Waals surface area contributed by atoms with Crippen molar-refractivity contribution in [3.8, 4) is 0 Å². The summed E-state index contributed by atoms with van der Waals surface area (Å²) in [6.45, 7) is 3.71. The van der Waals surface area contributed by atoms with Crippen LogP contribution in [0.25, 0.3) is 0 Å². The molecule has 1 N–H and O–H groups in total. The second kappa shape index (κ2) is 9.33. The maximum Gasteiger partial charge on any atom is 0.360 e. The number of carbonyl (C=O) groups is 1. The number of carbonyl (C=O) groups excluding carboxylic acids is 1. The standard InChI is InChI=1S/C12H24O5S/c1-3-5-6-7-8-9-10-18(15,16)11(4-2)12(13)17-14/h11,14H,3-10H2,1-2H3. The molecule has 0 aromatic carbocycles. The van der Waals surface area contributed by atoms with Crippen molar-refractivity contribution in [2.45, 2.75) is 64.0 Å². The van der Waals surface area contributed by atoms with E-state index < -0.39 is 21.1 Å². The van der Waals surface area contributed by atoms with Gasteiger partial charge in [0.25, 0.3) is 0 Å². The maximum absolute atomic E-state index is 11.8. The lowest BCUT2D eigenvalue weighted by atomic mass is 10.1. The van der Waals surface area contributed by atoms with Crippen molar-refractivity contribution in [3.05, 3.63) is 0 Å². The molecule has 0 rings (SSSR count). The topological polar surface area (TPSA) is 80.7 Å². The van der Waals surface area contributed by atoms with Gasteiger partial charge in [0.2, 0.25) is 0 Å². The first-order valence-electron chi connectivity index (χ1n) is 6.56. The molecule has 0 radical (unpaired) electrons. The fourth-order valence-electron chi connectivity index (χ4n) is 1.85. The highest BCUT2D eigenvalue weighted by atomic mass is 32.2. The second-order valence-corrected chi connectivity index (χ2v) is 6.74. The van der Waals surface area contributed by atoms with Gasteiger partial charge in [0, 0.05) is 0 Å². The number of rotatable bonds is 10. The highest BCUT2D eigenvalue weighted by Crippen LogP contribution is 2.13. The van der Waals surface area contributed by atoms with Gasteiger partial charge in [0.05, 0.1) is 5.75 Å². The van der Waals surface area contributed by atoms with Crippen LogP contribution in [0.1, 0.15) is 58.8 Å². The molecule has 6 heteroatoms. The first-order chi connectivity index (χ1) is 8.49. The molecule has 1 unspecified atom stereocenters. The number of hydrogen-bond acceptors (Lipinski definition) is 5. The lowest BCUT2D eigenvalue weighted by Crippen LogP contribution is -2.32. The summed E-state index contributed by atoms with van der Waals surface area (Å²) in [5.74, 6) is -1.10. The molecule has 0 fully saturated rings. The van der Waals surface area contributed by atoms with Crippen LogP contribution in [0.5, 0.6) is 0 Å². The molecule has 0 saturated carbocycles. The van der Waals surface area contributed by atoms with E-state index >= 15 is 0 Å². The van der Waals surface area contributed by atoms with Gasteiger partial charge < -0.3 is 0 Å². The van der Waals surface area contributed by atoms with Gasteiger partial charge >= 0.3 is 5.97 Å². The van der Waals surface area contributed by atoms with Gasteiger partial charge in [-0.1, -0.05) is 46.0 Å². The van der Waals surface area contributed by atoms with E-state index in [0.29, 0.717) is 6.42 Å². The Kier molecular flexibility index (Phi) is 9.01. The molecule has 18 heavy (non-hydrogen) atoms. The molecular weight excluding hydrogens is 256 g/mol. The summed E-state index contributed by atoms with van der Waals surface area (Å²) < 4.78 is 23.7. The molecule has 0 heterocycles. The molecule has 0 spiro atoms. The Bertz CT molecular complexity index is 323. The van der Waals surface area contributed by atoms with Gasteiger partial charge in [-0.15, -0.1) is 0 Å². The van der Waals surface area contributed by atoms with Gasteiger partial charge in [-0.2, -0.15) is 5.26 Å². The van der Waals surface area contributed by atoms with Gasteiger partial charge in [-0.25, -0.2) is 13.2 Å². The fraction of sp³-hybridized carbons (Fsp3) is 0.917. The quantitative estimate of drug-likeness (QED) is 0.378. The molecule has 1 atom stereocenters. The van der Waals surface area contributed by atoms with E-state index in [2.05, 4.69) is 11.8 Å². The summed E-state index contributed by atoms with van der Waals surface area (Å²) in [6, 6.07) is 0. The molecule has 108 valence electrons. The minimum Gasteiger partial charge on any atom is -0.300 e. The lowest BCUT2D eigenvalue weighted by Gasteiger charge is -2.12. The van der Waals surface area contributed by atoms with E-state index in [1.807, 2.05) is 0 Å². The third-order valence-electron chi connectivity index (χ3n) is 2.94. The molecule has 0 aromatic heterocycles. The molecule has 0 aliphatic heterocycles. The zero-order valence-corrected chi connectivity index (χ0v) is 12.0. The van der Waals surface area contributed by atoms with E-state index in [1.165, 1.54) is 6.42 Å². The normalized spacial score (nSPS) is 13.3. The maximum atomic E-state index is 11.8. The van der Waals surface area contributed by atoms with E-state index in [1.54, 1.807) is 6.92 Å². The zero-order valence-electron chi connectivity index (χ0n) is 11.2. The Morgan fingerprint density at radius 1 is 1.11 bits per heavy atom. The Labute approximate surface area is 109 Å². The fourth-order valence-corrected chi connectivity index (χ4v) is 3.59. The summed E-state index contributed by atoms with van der Waals surface area (Å²) in [7, 11) is -3.51. The number of sulfone groups is 1. The molecule has 0 aliphatic carbocycles. The highest BCUT2D eigenvalue weighted by molar-refractivity contribution is 7.92. The van der Waals surface area contributed by atoms with E-state index in [-0.39, 0.29) is 12.2 Å². The Balaban J connectivity index is 4.09. The highest BCUT2D eigenvalue weighted by Gasteiger charge is 2.32. The average Bonchev–Trinajstić information content (AvgIpc) is 2.33. The summed E-state index contributed by atoms with van der Waals surface area (Å²) in [5.41, 5.74) is 0. The monoisotopic (exact) mass is 280 g/mol. The minimum atomic E-state index is -3.51. The van der Waals surface area contributed by atoms with E-state index in [4.69, 9.17) is 5.26 Å². The molecule has 0 aliphatic rings. The Morgan fingerprint density at radius 2 is 1.67 bits per heavy atom. The third-order valence-corrected chi connectivity index (χ3v) is 5.19. The summed E-state index contributed by atoms with van der Waals surface area (Å²) in [4.78, 5) is 14.6. The van der Waals surface area contributed by atoms with E-state index in [0.717, 1.165) is 25.7 Å². The molecule has 0 bridgehead atoms. The molecule has 0 saturated heterocycles. The van der Waals surface area contributed by atoms with Crippen LogP contribution in [-0.4, -0.2) is 30.6 Å². The first kappa shape index (κ1) is 17.4. The van der Waals surface area contributed by atoms with Crippen LogP contribution < -0.4 is 0 Å². The van der Waals surface area contributed by atoms with E-state index in [9.17, 15) is 13.2 Å². The van der Waals surface area contributed by atoms with Crippen molar-refractivity contribution in [3.63, 3.8) is 0 Å². The summed E-state index contributed by atoms with van der Waals surface area (Å²) in [6.07, 6.45) is 5.99. The first-order valence-corrected chi connectivity index (χ1v) is 8.28.